The van der Waals surface area contributed by atoms with Gasteiger partial charge in [0.15, 0.2) is 0 Å². The molecule has 0 bridgehead atoms. The Kier molecular flexibility index (Phi) is 5.60. The highest BCUT2D eigenvalue weighted by Crippen LogP contribution is 2.24. The first-order chi connectivity index (χ1) is 12.2. The van der Waals surface area contributed by atoms with Crippen molar-refractivity contribution in [3.8, 4) is 11.3 Å². The monoisotopic (exact) mass is 351 g/mol. The minimum Gasteiger partial charge on any atom is -0.423 e. The molecule has 3 rings (SSSR count). The first kappa shape index (κ1) is 17.4. The van der Waals surface area contributed by atoms with E-state index in [1.54, 1.807) is 18.3 Å². The number of aromatic nitrogens is 1. The molecule has 1 aromatic heterocycles. The smallest absolute Gasteiger partial charge is 0.423 e. The van der Waals surface area contributed by atoms with Crippen LogP contribution in [0.1, 0.15) is 18.1 Å². The lowest BCUT2D eigenvalue weighted by Crippen LogP contribution is -2.30. The van der Waals surface area contributed by atoms with Crippen molar-refractivity contribution in [1.82, 2.24) is 4.98 Å². The molecule has 0 amide bonds. The van der Waals surface area contributed by atoms with Gasteiger partial charge in [0.2, 0.25) is 5.13 Å². The summed E-state index contributed by atoms with van der Waals surface area (Å²) in [6.45, 7) is 2.01. The minimum atomic E-state index is -1.46. The zero-order valence-electron chi connectivity index (χ0n) is 13.8. The molecule has 0 saturated carbocycles. The average Bonchev–Trinajstić information content (AvgIpc) is 3.11. The van der Waals surface area contributed by atoms with Crippen molar-refractivity contribution in [1.29, 1.82) is 0 Å². The second-order valence-corrected chi connectivity index (χ2v) is 6.32. The van der Waals surface area contributed by atoms with E-state index in [9.17, 15) is 10.0 Å². The van der Waals surface area contributed by atoms with Gasteiger partial charge < -0.3 is 10.0 Å². The highest BCUT2D eigenvalue weighted by molar-refractivity contribution is 7.14. The molecule has 0 saturated heterocycles. The van der Waals surface area contributed by atoms with E-state index < -0.39 is 7.12 Å². The van der Waals surface area contributed by atoms with Crippen molar-refractivity contribution in [2.45, 2.75) is 13.3 Å². The fraction of sp³-hybridized carbons (Fsp3) is 0.111. The van der Waals surface area contributed by atoms with Crippen molar-refractivity contribution in [3.05, 3.63) is 65.0 Å². The largest absolute Gasteiger partial charge is 0.488 e. The molecule has 0 spiro atoms. The number of thiazole rings is 1. The van der Waals surface area contributed by atoms with Gasteiger partial charge >= 0.3 is 7.12 Å². The second kappa shape index (κ2) is 8.07. The van der Waals surface area contributed by atoms with E-state index in [-0.39, 0.29) is 0 Å². The highest BCUT2D eigenvalue weighted by Gasteiger charge is 2.12. The summed E-state index contributed by atoms with van der Waals surface area (Å²) >= 11 is 1.49. The number of nitrogens with zero attached hydrogens (tertiary/aromatic N) is 2. The Hall–Kier alpha value is -2.48. The lowest BCUT2D eigenvalue weighted by atomic mass is 9.78. The van der Waals surface area contributed by atoms with E-state index in [2.05, 4.69) is 15.5 Å². The number of benzene rings is 2. The normalized spacial score (nSPS) is 11.0. The molecule has 0 aliphatic rings. The molecule has 0 unspecified atom stereocenters. The summed E-state index contributed by atoms with van der Waals surface area (Å²) in [5.74, 6) is 0. The first-order valence-electron chi connectivity index (χ1n) is 7.96. The summed E-state index contributed by atoms with van der Waals surface area (Å²) in [7, 11) is -1.46. The highest BCUT2D eigenvalue weighted by atomic mass is 32.1. The third-order valence-electron chi connectivity index (χ3n) is 3.78. The predicted molar refractivity (Wildman–Crippen MR) is 104 cm³/mol. The van der Waals surface area contributed by atoms with Gasteiger partial charge in [-0.05, 0) is 23.0 Å². The summed E-state index contributed by atoms with van der Waals surface area (Å²) in [6, 6.07) is 15.3. The maximum absolute atomic E-state index is 9.26. The molecule has 7 heteroatoms. The van der Waals surface area contributed by atoms with Gasteiger partial charge in [0.1, 0.15) is 0 Å². The van der Waals surface area contributed by atoms with Crippen LogP contribution in [0.15, 0.2) is 59.0 Å². The predicted octanol–water partition coefficient (Wildman–Crippen LogP) is 2.50. The quantitative estimate of drug-likeness (QED) is 0.362. The Bertz CT molecular complexity index is 866. The molecule has 0 aliphatic heterocycles. The topological polar surface area (TPSA) is 77.7 Å². The number of hydrogen-bond donors (Lipinski definition) is 3. The van der Waals surface area contributed by atoms with Crippen molar-refractivity contribution < 1.29 is 10.0 Å². The standard InChI is InChI=1S/C18H18BN3O2S/c1-2-13-10-16(19(23)24)9-8-15(13)11-20-22-18-21-17(12-25-18)14-6-4-3-5-7-14/h3-12,23-24H,2H2,1H3,(H,21,22). The molecule has 126 valence electrons. The van der Waals surface area contributed by atoms with E-state index in [1.807, 2.05) is 48.7 Å². The summed E-state index contributed by atoms with van der Waals surface area (Å²) in [5, 5.41) is 25.5. The lowest BCUT2D eigenvalue weighted by molar-refractivity contribution is 0.425. The number of nitrogens with one attached hydrogen (secondary N) is 1. The Balaban J connectivity index is 1.71. The Morgan fingerprint density at radius 3 is 2.72 bits per heavy atom. The molecule has 3 aromatic rings. The van der Waals surface area contributed by atoms with Crippen LogP contribution >= 0.6 is 11.3 Å². The molecule has 5 nitrogen and oxygen atoms in total. The van der Waals surface area contributed by atoms with Crippen LogP contribution in [0.3, 0.4) is 0 Å². The lowest BCUT2D eigenvalue weighted by Gasteiger charge is -2.06. The molecule has 1 heterocycles. The van der Waals surface area contributed by atoms with Crippen molar-refractivity contribution in [3.63, 3.8) is 0 Å². The van der Waals surface area contributed by atoms with Crippen LogP contribution in [0.4, 0.5) is 5.13 Å². The molecule has 25 heavy (non-hydrogen) atoms. The van der Waals surface area contributed by atoms with Crippen LogP contribution in [-0.2, 0) is 6.42 Å². The number of hydrogen-bond acceptors (Lipinski definition) is 6. The summed E-state index contributed by atoms with van der Waals surface area (Å²) < 4.78 is 0. The second-order valence-electron chi connectivity index (χ2n) is 5.46. The molecule has 0 atom stereocenters. The fourth-order valence-electron chi connectivity index (χ4n) is 2.44. The third kappa shape index (κ3) is 4.33. The van der Waals surface area contributed by atoms with E-state index in [0.717, 1.165) is 33.9 Å². The molecule has 0 fully saturated rings. The fourth-order valence-corrected chi connectivity index (χ4v) is 3.11. The Morgan fingerprint density at radius 1 is 1.20 bits per heavy atom. The van der Waals surface area contributed by atoms with Crippen molar-refractivity contribution in [2.24, 2.45) is 5.10 Å². The van der Waals surface area contributed by atoms with Gasteiger partial charge in [-0.25, -0.2) is 4.98 Å². The maximum atomic E-state index is 9.26. The average molecular weight is 351 g/mol. The maximum Gasteiger partial charge on any atom is 0.488 e. The number of anilines is 1. The van der Waals surface area contributed by atoms with Gasteiger partial charge in [0.25, 0.3) is 0 Å². The van der Waals surface area contributed by atoms with Gasteiger partial charge in [0.05, 0.1) is 11.9 Å². The van der Waals surface area contributed by atoms with Crippen LogP contribution in [0.2, 0.25) is 0 Å². The van der Waals surface area contributed by atoms with Crippen molar-refractivity contribution >= 4 is 35.3 Å². The molecule has 0 aliphatic carbocycles. The third-order valence-corrected chi connectivity index (χ3v) is 4.53. The summed E-state index contributed by atoms with van der Waals surface area (Å²) in [6.07, 6.45) is 2.49. The molecular weight excluding hydrogens is 333 g/mol. The van der Waals surface area contributed by atoms with E-state index in [1.165, 1.54) is 11.3 Å². The van der Waals surface area contributed by atoms with Gasteiger partial charge in [-0.3, -0.25) is 5.43 Å². The number of aryl methyl sites for hydroxylation is 1. The Labute approximate surface area is 150 Å². The van der Waals surface area contributed by atoms with Gasteiger partial charge in [-0.15, -0.1) is 11.3 Å². The van der Waals surface area contributed by atoms with E-state index >= 15 is 0 Å². The van der Waals surface area contributed by atoms with E-state index in [4.69, 9.17) is 0 Å². The van der Waals surface area contributed by atoms with Gasteiger partial charge in [0, 0.05) is 10.9 Å². The number of hydrazone groups is 1. The van der Waals surface area contributed by atoms with Crippen LogP contribution in [-0.4, -0.2) is 28.4 Å². The zero-order valence-corrected chi connectivity index (χ0v) is 14.6. The molecule has 3 N–H and O–H groups in total. The van der Waals surface area contributed by atoms with Crippen LogP contribution < -0.4 is 10.9 Å². The van der Waals surface area contributed by atoms with Crippen LogP contribution in [0.25, 0.3) is 11.3 Å². The van der Waals surface area contributed by atoms with Gasteiger partial charge in [-0.2, -0.15) is 5.10 Å². The van der Waals surface area contributed by atoms with Gasteiger partial charge in [-0.1, -0.05) is 55.5 Å². The molecule has 0 radical (unpaired) electrons. The van der Waals surface area contributed by atoms with Crippen molar-refractivity contribution in [2.75, 3.05) is 5.43 Å². The van der Waals surface area contributed by atoms with E-state index in [0.29, 0.717) is 5.46 Å². The molecule has 2 aromatic carbocycles. The minimum absolute atomic E-state index is 0.481. The summed E-state index contributed by atoms with van der Waals surface area (Å²) in [4.78, 5) is 4.52. The number of rotatable bonds is 6. The van der Waals surface area contributed by atoms with Crippen LogP contribution in [0.5, 0.6) is 0 Å². The van der Waals surface area contributed by atoms with Crippen LogP contribution in [0, 0.1) is 0 Å². The Morgan fingerprint density at radius 2 is 2.00 bits per heavy atom. The molecular formula is C18H18BN3O2S. The first-order valence-corrected chi connectivity index (χ1v) is 8.84. The summed E-state index contributed by atoms with van der Waals surface area (Å²) in [5.41, 5.74) is 7.35. The SMILES string of the molecule is CCc1cc(B(O)O)ccc1C=NNc1nc(-c2ccccc2)cs1. The zero-order chi connectivity index (χ0) is 17.6.